The lowest BCUT2D eigenvalue weighted by molar-refractivity contribution is -0.0698. The van der Waals surface area contributed by atoms with Gasteiger partial charge < -0.3 is 9.84 Å². The van der Waals surface area contributed by atoms with E-state index in [9.17, 15) is 9.50 Å². The van der Waals surface area contributed by atoms with E-state index in [0.717, 1.165) is 3.57 Å². The van der Waals surface area contributed by atoms with Crippen LogP contribution in [0.25, 0.3) is 0 Å². The first kappa shape index (κ1) is 11.3. The van der Waals surface area contributed by atoms with Crippen molar-refractivity contribution in [1.82, 2.24) is 0 Å². The van der Waals surface area contributed by atoms with E-state index in [1.807, 2.05) is 0 Å². The molecule has 1 aromatic rings. The molecular formula is C11H12FIO2. The molecule has 0 saturated carbocycles. The number of ether oxygens (including phenoxy) is 1. The molecule has 0 amide bonds. The molecular weight excluding hydrogens is 310 g/mol. The number of hydrogen-bond acceptors (Lipinski definition) is 2. The maximum atomic E-state index is 13.6. The van der Waals surface area contributed by atoms with Crippen molar-refractivity contribution in [1.29, 1.82) is 0 Å². The molecule has 1 saturated heterocycles. The average Bonchev–Trinajstić information content (AvgIpc) is 2.23. The summed E-state index contributed by atoms with van der Waals surface area (Å²) in [7, 11) is 0. The summed E-state index contributed by atoms with van der Waals surface area (Å²) in [5, 5.41) is 10.3. The Labute approximate surface area is 102 Å². The molecule has 0 spiro atoms. The summed E-state index contributed by atoms with van der Waals surface area (Å²) >= 11 is 2.12. The van der Waals surface area contributed by atoms with Gasteiger partial charge in [-0.2, -0.15) is 0 Å². The van der Waals surface area contributed by atoms with E-state index in [1.54, 1.807) is 12.1 Å². The van der Waals surface area contributed by atoms with Gasteiger partial charge in [0.05, 0.1) is 5.60 Å². The van der Waals surface area contributed by atoms with Crippen molar-refractivity contribution in [2.24, 2.45) is 0 Å². The molecule has 1 N–H and O–H groups in total. The Morgan fingerprint density at radius 1 is 1.33 bits per heavy atom. The van der Waals surface area contributed by atoms with Crippen LogP contribution in [0.1, 0.15) is 18.4 Å². The SMILES string of the molecule is OC1(c2cc(I)ccc2F)CCOCC1. The van der Waals surface area contributed by atoms with Gasteiger partial charge >= 0.3 is 0 Å². The molecule has 82 valence electrons. The molecule has 15 heavy (non-hydrogen) atoms. The summed E-state index contributed by atoms with van der Waals surface area (Å²) < 4.78 is 19.7. The molecule has 1 aliphatic rings. The van der Waals surface area contributed by atoms with Crippen LogP contribution in [0.4, 0.5) is 4.39 Å². The number of benzene rings is 1. The first-order chi connectivity index (χ1) is 7.12. The standard InChI is InChI=1S/C11H12FIO2/c12-10-2-1-8(13)7-9(10)11(14)3-5-15-6-4-11/h1-2,7,14H,3-6H2. The minimum absolute atomic E-state index is 0.334. The monoisotopic (exact) mass is 322 g/mol. The highest BCUT2D eigenvalue weighted by Gasteiger charge is 2.34. The van der Waals surface area contributed by atoms with Gasteiger partial charge in [-0.1, -0.05) is 0 Å². The second kappa shape index (κ2) is 4.35. The van der Waals surface area contributed by atoms with Crippen LogP contribution in [0.15, 0.2) is 18.2 Å². The molecule has 0 unspecified atom stereocenters. The Balaban J connectivity index is 2.38. The predicted molar refractivity (Wildman–Crippen MR) is 63.1 cm³/mol. The smallest absolute Gasteiger partial charge is 0.129 e. The Bertz CT molecular complexity index is 362. The Morgan fingerprint density at radius 3 is 2.67 bits per heavy atom. The van der Waals surface area contributed by atoms with Crippen LogP contribution in [-0.4, -0.2) is 18.3 Å². The summed E-state index contributed by atoms with van der Waals surface area (Å²) in [6, 6.07) is 4.81. The van der Waals surface area contributed by atoms with Crippen molar-refractivity contribution in [3.05, 3.63) is 33.1 Å². The van der Waals surface area contributed by atoms with E-state index in [2.05, 4.69) is 22.6 Å². The lowest BCUT2D eigenvalue weighted by atomic mass is 9.86. The largest absolute Gasteiger partial charge is 0.385 e. The van der Waals surface area contributed by atoms with Crippen molar-refractivity contribution in [2.75, 3.05) is 13.2 Å². The normalized spacial score (nSPS) is 20.2. The van der Waals surface area contributed by atoms with E-state index >= 15 is 0 Å². The summed E-state index contributed by atoms with van der Waals surface area (Å²) in [6.45, 7) is 0.975. The van der Waals surface area contributed by atoms with Crippen LogP contribution in [-0.2, 0) is 10.3 Å². The zero-order valence-corrected chi connectivity index (χ0v) is 10.3. The van der Waals surface area contributed by atoms with E-state index in [-0.39, 0.29) is 5.82 Å². The summed E-state index contributed by atoms with van der Waals surface area (Å²) in [5.41, 5.74) is -0.651. The van der Waals surface area contributed by atoms with E-state index in [1.165, 1.54) is 6.07 Å². The number of halogens is 2. The fourth-order valence-corrected chi connectivity index (χ4v) is 2.32. The third-order valence-electron chi connectivity index (χ3n) is 2.75. The Kier molecular flexibility index (Phi) is 3.27. The van der Waals surface area contributed by atoms with Crippen LogP contribution in [0.2, 0.25) is 0 Å². The summed E-state index contributed by atoms with van der Waals surface area (Å²) in [6.07, 6.45) is 0.925. The van der Waals surface area contributed by atoms with E-state index < -0.39 is 5.60 Å². The predicted octanol–water partition coefficient (Wildman–Crippen LogP) is 2.43. The Morgan fingerprint density at radius 2 is 2.00 bits per heavy atom. The molecule has 1 heterocycles. The topological polar surface area (TPSA) is 29.5 Å². The zero-order valence-electron chi connectivity index (χ0n) is 8.17. The van der Waals surface area contributed by atoms with Crippen molar-refractivity contribution in [2.45, 2.75) is 18.4 Å². The first-order valence-electron chi connectivity index (χ1n) is 4.87. The van der Waals surface area contributed by atoms with Gasteiger partial charge in [-0.25, -0.2) is 4.39 Å². The molecule has 1 fully saturated rings. The fraction of sp³-hybridized carbons (Fsp3) is 0.455. The summed E-state index contributed by atoms with van der Waals surface area (Å²) in [5.74, 6) is -0.334. The van der Waals surface area contributed by atoms with Crippen molar-refractivity contribution in [3.63, 3.8) is 0 Å². The highest BCUT2D eigenvalue weighted by molar-refractivity contribution is 14.1. The quantitative estimate of drug-likeness (QED) is 0.805. The minimum atomic E-state index is -1.05. The lowest BCUT2D eigenvalue weighted by Crippen LogP contribution is -2.34. The van der Waals surface area contributed by atoms with Crippen LogP contribution in [0.5, 0.6) is 0 Å². The van der Waals surface area contributed by atoms with Crippen LogP contribution >= 0.6 is 22.6 Å². The number of aliphatic hydroxyl groups is 1. The molecule has 4 heteroatoms. The van der Waals surface area contributed by atoms with Crippen LogP contribution < -0.4 is 0 Å². The van der Waals surface area contributed by atoms with E-state index in [0.29, 0.717) is 31.6 Å². The maximum absolute atomic E-state index is 13.6. The van der Waals surface area contributed by atoms with Crippen molar-refractivity contribution < 1.29 is 14.2 Å². The number of hydrogen-bond donors (Lipinski definition) is 1. The lowest BCUT2D eigenvalue weighted by Gasteiger charge is -2.32. The van der Waals surface area contributed by atoms with Gasteiger partial charge in [0, 0.05) is 35.2 Å². The molecule has 0 bridgehead atoms. The van der Waals surface area contributed by atoms with E-state index in [4.69, 9.17) is 4.74 Å². The fourth-order valence-electron chi connectivity index (χ4n) is 1.83. The molecule has 0 aromatic heterocycles. The van der Waals surface area contributed by atoms with Crippen molar-refractivity contribution in [3.8, 4) is 0 Å². The van der Waals surface area contributed by atoms with Gasteiger partial charge in [0.1, 0.15) is 5.82 Å². The summed E-state index contributed by atoms with van der Waals surface area (Å²) in [4.78, 5) is 0. The second-order valence-electron chi connectivity index (χ2n) is 3.77. The Hall–Kier alpha value is -0.200. The molecule has 2 nitrogen and oxygen atoms in total. The molecule has 2 rings (SSSR count). The van der Waals surface area contributed by atoms with Gasteiger partial charge in [0.25, 0.3) is 0 Å². The molecule has 1 aliphatic heterocycles. The van der Waals surface area contributed by atoms with Crippen molar-refractivity contribution >= 4 is 22.6 Å². The second-order valence-corrected chi connectivity index (χ2v) is 5.01. The maximum Gasteiger partial charge on any atom is 0.129 e. The molecule has 0 aliphatic carbocycles. The molecule has 0 atom stereocenters. The third kappa shape index (κ3) is 2.32. The number of rotatable bonds is 1. The van der Waals surface area contributed by atoms with Crippen LogP contribution in [0, 0.1) is 9.39 Å². The van der Waals surface area contributed by atoms with Gasteiger partial charge in [-0.3, -0.25) is 0 Å². The third-order valence-corrected chi connectivity index (χ3v) is 3.42. The van der Waals surface area contributed by atoms with Gasteiger partial charge in [0.15, 0.2) is 0 Å². The first-order valence-corrected chi connectivity index (χ1v) is 5.95. The zero-order chi connectivity index (χ0) is 10.9. The minimum Gasteiger partial charge on any atom is -0.385 e. The highest BCUT2D eigenvalue weighted by Crippen LogP contribution is 2.34. The van der Waals surface area contributed by atoms with Gasteiger partial charge in [-0.05, 0) is 40.8 Å². The molecule has 1 aromatic carbocycles. The molecule has 0 radical (unpaired) electrons. The van der Waals surface area contributed by atoms with Gasteiger partial charge in [0.2, 0.25) is 0 Å². The highest BCUT2D eigenvalue weighted by atomic mass is 127. The average molecular weight is 322 g/mol. The van der Waals surface area contributed by atoms with Crippen LogP contribution in [0.3, 0.4) is 0 Å². The van der Waals surface area contributed by atoms with Gasteiger partial charge in [-0.15, -0.1) is 0 Å².